The van der Waals surface area contributed by atoms with Crippen molar-refractivity contribution in [2.45, 2.75) is 38.8 Å². The Morgan fingerprint density at radius 1 is 1.29 bits per heavy atom. The normalized spacial score (nSPS) is 12.8. The van der Waals surface area contributed by atoms with E-state index in [1.165, 1.54) is 30.9 Å². The molecule has 6 nitrogen and oxygen atoms in total. The fourth-order valence-corrected chi connectivity index (χ4v) is 2.12. The molecule has 1 aromatic carbocycles. The van der Waals surface area contributed by atoms with Crippen LogP contribution in [-0.2, 0) is 16.0 Å². The molecule has 0 aliphatic rings. The fraction of sp³-hybridized carbons (Fsp3) is 0.467. The third-order valence-corrected chi connectivity index (χ3v) is 3.49. The first-order valence-corrected chi connectivity index (χ1v) is 6.78. The number of benzene rings is 1. The summed E-state index contributed by atoms with van der Waals surface area (Å²) in [7, 11) is 0. The lowest BCUT2D eigenvalue weighted by Gasteiger charge is -2.35. The fourth-order valence-electron chi connectivity index (χ4n) is 2.12. The lowest BCUT2D eigenvalue weighted by molar-refractivity contribution is -0.157. The van der Waals surface area contributed by atoms with Gasteiger partial charge >= 0.3 is 5.97 Å². The molecule has 1 amide bonds. The van der Waals surface area contributed by atoms with E-state index in [1.54, 1.807) is 19.1 Å². The monoisotopic (exact) mass is 294 g/mol. The standard InChI is InChI=1S/C15H22N2O4/c1-4-17(15(2,3)14(20)21)13(19)12(16)9-10-5-7-11(18)8-6-10/h5-8,12,18H,4,9,16H2,1-3H3,(H,20,21)/t12-/m1/s1. The molecule has 0 fully saturated rings. The van der Waals surface area contributed by atoms with E-state index < -0.39 is 23.5 Å². The van der Waals surface area contributed by atoms with E-state index in [4.69, 9.17) is 5.73 Å². The van der Waals surface area contributed by atoms with Gasteiger partial charge in [0, 0.05) is 6.54 Å². The molecule has 0 saturated heterocycles. The molecule has 0 aliphatic carbocycles. The molecule has 0 radical (unpaired) electrons. The minimum atomic E-state index is -1.31. The van der Waals surface area contributed by atoms with Crippen LogP contribution in [0.25, 0.3) is 0 Å². The number of rotatable bonds is 6. The molecule has 0 saturated carbocycles. The minimum Gasteiger partial charge on any atom is -0.508 e. The van der Waals surface area contributed by atoms with Gasteiger partial charge in [0.15, 0.2) is 0 Å². The maximum Gasteiger partial charge on any atom is 0.329 e. The number of aromatic hydroxyl groups is 1. The number of hydrogen-bond acceptors (Lipinski definition) is 4. The average molecular weight is 294 g/mol. The van der Waals surface area contributed by atoms with Crippen LogP contribution >= 0.6 is 0 Å². The number of nitrogens with zero attached hydrogens (tertiary/aromatic N) is 1. The van der Waals surface area contributed by atoms with E-state index in [0.717, 1.165) is 5.56 Å². The number of hydrogen-bond donors (Lipinski definition) is 3. The molecule has 0 bridgehead atoms. The maximum atomic E-state index is 12.4. The zero-order chi connectivity index (χ0) is 16.2. The second-order valence-corrected chi connectivity index (χ2v) is 5.42. The third kappa shape index (κ3) is 3.95. The summed E-state index contributed by atoms with van der Waals surface area (Å²) in [5.41, 5.74) is 5.41. The van der Waals surface area contributed by atoms with Gasteiger partial charge in [-0.1, -0.05) is 12.1 Å². The summed E-state index contributed by atoms with van der Waals surface area (Å²) < 4.78 is 0. The molecule has 0 heterocycles. The Bertz CT molecular complexity index is 511. The van der Waals surface area contributed by atoms with Crippen molar-refractivity contribution in [2.75, 3.05) is 6.54 Å². The van der Waals surface area contributed by atoms with Gasteiger partial charge in [-0.15, -0.1) is 0 Å². The van der Waals surface area contributed by atoms with Crippen molar-refractivity contribution in [1.29, 1.82) is 0 Å². The first-order chi connectivity index (χ1) is 9.70. The zero-order valence-electron chi connectivity index (χ0n) is 12.5. The molecular weight excluding hydrogens is 272 g/mol. The van der Waals surface area contributed by atoms with E-state index in [-0.39, 0.29) is 18.7 Å². The summed E-state index contributed by atoms with van der Waals surface area (Å²) >= 11 is 0. The Kier molecular flexibility index (Phi) is 5.32. The Morgan fingerprint density at radius 2 is 1.81 bits per heavy atom. The summed E-state index contributed by atoms with van der Waals surface area (Å²) in [6.45, 7) is 4.94. The zero-order valence-corrected chi connectivity index (χ0v) is 12.5. The number of carboxylic acids is 1. The van der Waals surface area contributed by atoms with Crippen LogP contribution in [0.15, 0.2) is 24.3 Å². The molecule has 116 valence electrons. The van der Waals surface area contributed by atoms with E-state index in [0.29, 0.717) is 0 Å². The van der Waals surface area contributed by atoms with Crippen LogP contribution in [-0.4, -0.2) is 45.1 Å². The van der Waals surface area contributed by atoms with Gasteiger partial charge in [0.25, 0.3) is 0 Å². The van der Waals surface area contributed by atoms with Crippen molar-refractivity contribution in [3.63, 3.8) is 0 Å². The van der Waals surface area contributed by atoms with Crippen LogP contribution < -0.4 is 5.73 Å². The minimum absolute atomic E-state index is 0.140. The first-order valence-electron chi connectivity index (χ1n) is 6.78. The summed E-state index contributed by atoms with van der Waals surface area (Å²) in [5, 5.41) is 18.5. The second kappa shape index (κ2) is 6.58. The Hall–Kier alpha value is -2.08. The smallest absolute Gasteiger partial charge is 0.329 e. The topological polar surface area (TPSA) is 104 Å². The quantitative estimate of drug-likeness (QED) is 0.725. The van der Waals surface area contributed by atoms with Gasteiger partial charge < -0.3 is 20.8 Å². The summed E-state index contributed by atoms with van der Waals surface area (Å²) in [5.74, 6) is -1.34. The molecule has 1 atom stereocenters. The average Bonchev–Trinajstić information content (AvgIpc) is 2.41. The molecule has 0 aliphatic heterocycles. The highest BCUT2D eigenvalue weighted by atomic mass is 16.4. The van der Waals surface area contributed by atoms with E-state index >= 15 is 0 Å². The summed E-state index contributed by atoms with van der Waals surface area (Å²) in [6.07, 6.45) is 0.283. The van der Waals surface area contributed by atoms with Crippen LogP contribution in [0.3, 0.4) is 0 Å². The van der Waals surface area contributed by atoms with Crippen LogP contribution in [0.1, 0.15) is 26.3 Å². The predicted molar refractivity (Wildman–Crippen MR) is 78.9 cm³/mol. The highest BCUT2D eigenvalue weighted by molar-refractivity contribution is 5.89. The number of phenolic OH excluding ortho intramolecular Hbond substituents is 1. The summed E-state index contributed by atoms with van der Waals surface area (Å²) in [6, 6.07) is 5.58. The molecule has 6 heteroatoms. The van der Waals surface area contributed by atoms with Crippen LogP contribution in [0.2, 0.25) is 0 Å². The first kappa shape index (κ1) is 17.0. The molecule has 0 aromatic heterocycles. The van der Waals surface area contributed by atoms with Crippen molar-refractivity contribution in [3.8, 4) is 5.75 Å². The number of carbonyl (C=O) groups excluding carboxylic acids is 1. The maximum absolute atomic E-state index is 12.4. The third-order valence-electron chi connectivity index (χ3n) is 3.49. The van der Waals surface area contributed by atoms with Crippen LogP contribution in [0, 0.1) is 0 Å². The SMILES string of the molecule is CCN(C(=O)[C@H](N)Cc1ccc(O)cc1)C(C)(C)C(=O)O. The second-order valence-electron chi connectivity index (χ2n) is 5.42. The highest BCUT2D eigenvalue weighted by Crippen LogP contribution is 2.17. The van der Waals surface area contributed by atoms with Gasteiger partial charge in [-0.25, -0.2) is 4.79 Å². The lowest BCUT2D eigenvalue weighted by atomic mass is 9.99. The number of phenols is 1. The molecule has 0 unspecified atom stereocenters. The van der Waals surface area contributed by atoms with Crippen LogP contribution in [0.5, 0.6) is 5.75 Å². The van der Waals surface area contributed by atoms with Crippen molar-refractivity contribution in [3.05, 3.63) is 29.8 Å². The molecule has 4 N–H and O–H groups in total. The number of amides is 1. The van der Waals surface area contributed by atoms with Crippen molar-refractivity contribution in [2.24, 2.45) is 5.73 Å². The van der Waals surface area contributed by atoms with Gasteiger partial charge in [0.1, 0.15) is 11.3 Å². The van der Waals surface area contributed by atoms with Gasteiger partial charge in [0.2, 0.25) is 5.91 Å². The number of nitrogens with two attached hydrogens (primary N) is 1. The number of likely N-dealkylation sites (N-methyl/N-ethyl adjacent to an activating group) is 1. The van der Waals surface area contributed by atoms with Crippen molar-refractivity contribution >= 4 is 11.9 Å². The van der Waals surface area contributed by atoms with E-state index in [9.17, 15) is 19.8 Å². The Labute approximate surface area is 124 Å². The highest BCUT2D eigenvalue weighted by Gasteiger charge is 2.38. The van der Waals surface area contributed by atoms with Crippen molar-refractivity contribution < 1.29 is 19.8 Å². The predicted octanol–water partition coefficient (Wildman–Crippen LogP) is 0.974. The largest absolute Gasteiger partial charge is 0.508 e. The molecule has 1 rings (SSSR count). The van der Waals surface area contributed by atoms with Gasteiger partial charge in [0.05, 0.1) is 6.04 Å². The Balaban J connectivity index is 2.85. The van der Waals surface area contributed by atoms with E-state index in [1.807, 2.05) is 0 Å². The molecule has 21 heavy (non-hydrogen) atoms. The Morgan fingerprint density at radius 3 is 2.24 bits per heavy atom. The molecule has 1 aromatic rings. The number of aliphatic carboxylic acids is 1. The molecule has 0 spiro atoms. The van der Waals surface area contributed by atoms with Gasteiger partial charge in [-0.05, 0) is 44.9 Å². The van der Waals surface area contributed by atoms with E-state index in [2.05, 4.69) is 0 Å². The molecular formula is C15H22N2O4. The van der Waals surface area contributed by atoms with Gasteiger partial charge in [-0.3, -0.25) is 4.79 Å². The summed E-state index contributed by atoms with van der Waals surface area (Å²) in [4.78, 5) is 24.9. The van der Waals surface area contributed by atoms with Crippen LogP contribution in [0.4, 0.5) is 0 Å². The number of carboxylic acid groups (broad SMARTS) is 1. The number of carbonyl (C=O) groups is 2. The lowest BCUT2D eigenvalue weighted by Crippen LogP contribution is -2.57. The van der Waals surface area contributed by atoms with Gasteiger partial charge in [-0.2, -0.15) is 0 Å². The van der Waals surface area contributed by atoms with Crippen molar-refractivity contribution in [1.82, 2.24) is 4.90 Å².